The van der Waals surface area contributed by atoms with Gasteiger partial charge in [-0.3, -0.25) is 0 Å². The maximum absolute atomic E-state index is 12.6. The predicted octanol–water partition coefficient (Wildman–Crippen LogP) is 3.63. The Bertz CT molecular complexity index is 759. The third-order valence-corrected chi connectivity index (χ3v) is 4.69. The van der Waals surface area contributed by atoms with Crippen molar-refractivity contribution in [3.05, 3.63) is 48.4 Å². The van der Waals surface area contributed by atoms with E-state index in [9.17, 15) is 18.0 Å². The highest BCUT2D eigenvalue weighted by molar-refractivity contribution is 5.89. The average molecular weight is 379 g/mol. The maximum atomic E-state index is 12.6. The Hall–Kier alpha value is -2.84. The monoisotopic (exact) mass is 379 g/mol. The van der Waals surface area contributed by atoms with E-state index in [2.05, 4.69) is 20.2 Å². The molecule has 2 heterocycles. The van der Waals surface area contributed by atoms with E-state index in [-0.39, 0.29) is 12.1 Å². The highest BCUT2D eigenvalue weighted by atomic mass is 19.4. The molecular formula is C18H20F3N5O. The summed E-state index contributed by atoms with van der Waals surface area (Å²) in [6, 6.07) is 6.22. The van der Waals surface area contributed by atoms with E-state index in [1.165, 1.54) is 18.5 Å². The summed E-state index contributed by atoms with van der Waals surface area (Å²) in [5.41, 5.74) is -0.401. The molecule has 1 aliphatic heterocycles. The van der Waals surface area contributed by atoms with Crippen molar-refractivity contribution < 1.29 is 18.0 Å². The first kappa shape index (κ1) is 18.9. The zero-order valence-corrected chi connectivity index (χ0v) is 14.8. The molecule has 1 aromatic heterocycles. The van der Waals surface area contributed by atoms with E-state index in [1.54, 1.807) is 11.1 Å². The summed E-state index contributed by atoms with van der Waals surface area (Å²) < 4.78 is 37.8. The average Bonchev–Trinajstić information content (AvgIpc) is 2.68. The van der Waals surface area contributed by atoms with E-state index in [4.69, 9.17) is 0 Å². The van der Waals surface area contributed by atoms with Crippen molar-refractivity contribution in [1.29, 1.82) is 0 Å². The molecule has 0 radical (unpaired) electrons. The van der Waals surface area contributed by atoms with Crippen LogP contribution in [-0.4, -0.2) is 47.1 Å². The summed E-state index contributed by atoms with van der Waals surface area (Å²) >= 11 is 0. The molecule has 3 rings (SSSR count). The number of halogens is 3. The normalized spacial score (nSPS) is 15.5. The number of urea groups is 1. The number of anilines is 2. The minimum atomic E-state index is -4.39. The van der Waals surface area contributed by atoms with Gasteiger partial charge in [-0.25, -0.2) is 14.8 Å². The lowest BCUT2D eigenvalue weighted by molar-refractivity contribution is -0.137. The first-order chi connectivity index (χ1) is 12.8. The van der Waals surface area contributed by atoms with Crippen molar-refractivity contribution in [3.8, 4) is 0 Å². The highest BCUT2D eigenvalue weighted by Crippen LogP contribution is 2.30. The lowest BCUT2D eigenvalue weighted by atomic mass is 10.0. The smallest absolute Gasteiger partial charge is 0.356 e. The van der Waals surface area contributed by atoms with Gasteiger partial charge in [-0.2, -0.15) is 13.2 Å². The van der Waals surface area contributed by atoms with Gasteiger partial charge < -0.3 is 15.1 Å². The molecular weight excluding hydrogens is 359 g/mol. The zero-order chi connectivity index (χ0) is 19.4. The Morgan fingerprint density at radius 2 is 1.85 bits per heavy atom. The van der Waals surface area contributed by atoms with Crippen LogP contribution in [0.2, 0.25) is 0 Å². The molecule has 0 atom stereocenters. The molecule has 2 aromatic rings. The molecule has 1 N–H and O–H groups in total. The van der Waals surface area contributed by atoms with Crippen molar-refractivity contribution in [3.63, 3.8) is 0 Å². The highest BCUT2D eigenvalue weighted by Gasteiger charge is 2.30. The molecule has 1 saturated heterocycles. The summed E-state index contributed by atoms with van der Waals surface area (Å²) in [5.74, 6) is 0.831. The lowest BCUT2D eigenvalue weighted by Crippen LogP contribution is -2.47. The van der Waals surface area contributed by atoms with Gasteiger partial charge in [-0.05, 0) is 43.2 Å². The summed E-state index contributed by atoms with van der Waals surface area (Å²) in [7, 11) is 1.96. The van der Waals surface area contributed by atoms with E-state index in [0.717, 1.165) is 30.8 Å². The molecule has 1 fully saturated rings. The van der Waals surface area contributed by atoms with Gasteiger partial charge in [0.1, 0.15) is 12.1 Å². The van der Waals surface area contributed by atoms with Crippen molar-refractivity contribution in [1.82, 2.24) is 14.9 Å². The van der Waals surface area contributed by atoms with Crippen molar-refractivity contribution >= 4 is 17.5 Å². The molecule has 0 unspecified atom stereocenters. The molecule has 2 amide bonds. The fourth-order valence-corrected chi connectivity index (χ4v) is 3.08. The van der Waals surface area contributed by atoms with E-state index >= 15 is 0 Å². The quantitative estimate of drug-likeness (QED) is 0.885. The topological polar surface area (TPSA) is 61.4 Å². The number of amides is 2. The number of benzene rings is 1. The van der Waals surface area contributed by atoms with E-state index in [0.29, 0.717) is 18.8 Å². The van der Waals surface area contributed by atoms with Crippen molar-refractivity contribution in [2.45, 2.75) is 25.1 Å². The Kier molecular flexibility index (Phi) is 5.48. The fourth-order valence-electron chi connectivity index (χ4n) is 3.08. The SMILES string of the molecule is CN(c1ccncn1)C1CCN(C(=O)Nc2ccc(C(F)(F)F)cc2)CC1. The molecule has 0 bridgehead atoms. The molecule has 6 nitrogen and oxygen atoms in total. The minimum Gasteiger partial charge on any atom is -0.356 e. The lowest BCUT2D eigenvalue weighted by Gasteiger charge is -2.37. The second-order valence-corrected chi connectivity index (χ2v) is 6.40. The number of nitrogens with one attached hydrogen (secondary N) is 1. The number of alkyl halides is 3. The molecule has 9 heteroatoms. The van der Waals surface area contributed by atoms with Crippen molar-refractivity contribution in [2.75, 3.05) is 30.4 Å². The number of piperidine rings is 1. The first-order valence-electron chi connectivity index (χ1n) is 8.56. The number of aromatic nitrogens is 2. The molecule has 1 aromatic carbocycles. The van der Waals surface area contributed by atoms with Gasteiger partial charge >= 0.3 is 12.2 Å². The van der Waals surface area contributed by atoms with Crippen LogP contribution in [0.15, 0.2) is 42.9 Å². The minimum absolute atomic E-state index is 0.259. The second-order valence-electron chi connectivity index (χ2n) is 6.40. The summed E-state index contributed by atoms with van der Waals surface area (Å²) in [6.07, 6.45) is 0.353. The van der Waals surface area contributed by atoms with Crippen LogP contribution in [0.5, 0.6) is 0 Å². The third kappa shape index (κ3) is 4.66. The Morgan fingerprint density at radius 3 is 2.41 bits per heavy atom. The molecule has 1 aliphatic rings. The van der Waals surface area contributed by atoms with Crippen LogP contribution in [0, 0.1) is 0 Å². The van der Waals surface area contributed by atoms with Gasteiger partial charge in [0.05, 0.1) is 5.56 Å². The third-order valence-electron chi connectivity index (χ3n) is 4.69. The Balaban J connectivity index is 1.53. The van der Waals surface area contributed by atoms with Gasteiger partial charge in [0, 0.05) is 38.1 Å². The van der Waals surface area contributed by atoms with Gasteiger partial charge in [-0.1, -0.05) is 0 Å². The summed E-state index contributed by atoms with van der Waals surface area (Å²) in [6.45, 7) is 1.12. The van der Waals surface area contributed by atoms with Gasteiger partial charge in [0.2, 0.25) is 0 Å². The number of carbonyl (C=O) groups is 1. The number of rotatable bonds is 3. The Morgan fingerprint density at radius 1 is 1.19 bits per heavy atom. The number of nitrogens with zero attached hydrogens (tertiary/aromatic N) is 4. The molecule has 0 saturated carbocycles. The van der Waals surface area contributed by atoms with Crippen LogP contribution in [-0.2, 0) is 6.18 Å². The number of carbonyl (C=O) groups excluding carboxylic acids is 1. The zero-order valence-electron chi connectivity index (χ0n) is 14.8. The second kappa shape index (κ2) is 7.81. The number of hydrogen-bond donors (Lipinski definition) is 1. The molecule has 0 spiro atoms. The molecule has 144 valence electrons. The summed E-state index contributed by atoms with van der Waals surface area (Å²) in [5, 5.41) is 2.65. The van der Waals surface area contributed by atoms with E-state index in [1.807, 2.05) is 13.1 Å². The van der Waals surface area contributed by atoms with Crippen LogP contribution < -0.4 is 10.2 Å². The Labute approximate surface area is 155 Å². The van der Waals surface area contributed by atoms with Gasteiger partial charge in [0.25, 0.3) is 0 Å². The largest absolute Gasteiger partial charge is 0.416 e. The van der Waals surface area contributed by atoms with Crippen LogP contribution >= 0.6 is 0 Å². The maximum Gasteiger partial charge on any atom is 0.416 e. The van der Waals surface area contributed by atoms with Gasteiger partial charge in [0.15, 0.2) is 0 Å². The molecule has 0 aliphatic carbocycles. The fraction of sp³-hybridized carbons (Fsp3) is 0.389. The van der Waals surface area contributed by atoms with Crippen molar-refractivity contribution in [2.24, 2.45) is 0 Å². The predicted molar refractivity (Wildman–Crippen MR) is 95.5 cm³/mol. The standard InChI is InChI=1S/C18H20F3N5O/c1-25(16-6-9-22-12-23-16)15-7-10-26(11-8-15)17(27)24-14-4-2-13(3-5-14)18(19,20)21/h2-6,9,12,15H,7-8,10-11H2,1H3,(H,24,27). The van der Waals surface area contributed by atoms with E-state index < -0.39 is 11.7 Å². The number of likely N-dealkylation sites (tertiary alicyclic amines) is 1. The van der Waals surface area contributed by atoms with Gasteiger partial charge in [-0.15, -0.1) is 0 Å². The van der Waals surface area contributed by atoms with Crippen LogP contribution in [0.1, 0.15) is 18.4 Å². The van der Waals surface area contributed by atoms with Crippen LogP contribution in [0.25, 0.3) is 0 Å². The molecule has 27 heavy (non-hydrogen) atoms. The number of hydrogen-bond acceptors (Lipinski definition) is 4. The van der Waals surface area contributed by atoms with Crippen LogP contribution in [0.3, 0.4) is 0 Å². The summed E-state index contributed by atoms with van der Waals surface area (Å²) in [4.78, 5) is 24.2. The van der Waals surface area contributed by atoms with Crippen LogP contribution in [0.4, 0.5) is 29.5 Å². The first-order valence-corrected chi connectivity index (χ1v) is 8.56.